The second kappa shape index (κ2) is 8.39. The second-order valence-electron chi connectivity index (χ2n) is 8.09. The van der Waals surface area contributed by atoms with Crippen LogP contribution in [0.15, 0.2) is 59.7 Å². The number of nitrogens with zero attached hydrogens (tertiary/aromatic N) is 5. The summed E-state index contributed by atoms with van der Waals surface area (Å²) in [4.78, 5) is 24.6. The van der Waals surface area contributed by atoms with E-state index in [1.807, 2.05) is 32.2 Å². The summed E-state index contributed by atoms with van der Waals surface area (Å²) in [6.45, 7) is 5.65. The van der Waals surface area contributed by atoms with Crippen molar-refractivity contribution in [3.05, 3.63) is 82.4 Å². The third-order valence-electron chi connectivity index (χ3n) is 5.63. The van der Waals surface area contributed by atoms with E-state index in [9.17, 15) is 10.1 Å². The maximum absolute atomic E-state index is 11.6. The molecule has 0 aliphatic carbocycles. The van der Waals surface area contributed by atoms with E-state index in [2.05, 4.69) is 30.5 Å². The molecule has 4 heterocycles. The fourth-order valence-electron chi connectivity index (χ4n) is 3.88. The van der Waals surface area contributed by atoms with Crippen LogP contribution >= 0.6 is 0 Å². The lowest BCUT2D eigenvalue weighted by atomic mass is 10.0. The van der Waals surface area contributed by atoms with Gasteiger partial charge in [0.15, 0.2) is 0 Å². The Kier molecular flexibility index (Phi) is 5.25. The molecule has 0 aliphatic heterocycles. The summed E-state index contributed by atoms with van der Waals surface area (Å²) >= 11 is 0. The highest BCUT2D eigenvalue weighted by atomic mass is 16.6. The van der Waals surface area contributed by atoms with Crippen molar-refractivity contribution in [1.29, 1.82) is 0 Å². The Hall–Kier alpha value is -4.60. The van der Waals surface area contributed by atoms with Crippen LogP contribution in [0, 0.1) is 24.0 Å². The van der Waals surface area contributed by atoms with Gasteiger partial charge in [0, 0.05) is 52.8 Å². The molecular formula is C24H21N7O3. The number of H-pyrrole nitrogens is 1. The number of benzene rings is 1. The molecule has 1 unspecified atom stereocenters. The number of furan rings is 1. The van der Waals surface area contributed by atoms with Crippen LogP contribution in [-0.4, -0.2) is 30.1 Å². The molecule has 5 aromatic rings. The topological polar surface area (TPSA) is 136 Å². The van der Waals surface area contributed by atoms with Gasteiger partial charge < -0.3 is 9.73 Å². The minimum atomic E-state index is -0.440. The molecule has 0 saturated heterocycles. The van der Waals surface area contributed by atoms with Crippen LogP contribution in [0.25, 0.3) is 33.4 Å². The Morgan fingerprint density at radius 3 is 2.68 bits per heavy atom. The highest BCUT2D eigenvalue weighted by Gasteiger charge is 2.20. The molecule has 5 rings (SSSR count). The molecule has 10 heteroatoms. The fourth-order valence-corrected chi connectivity index (χ4v) is 3.88. The summed E-state index contributed by atoms with van der Waals surface area (Å²) in [5.74, 6) is 1.15. The molecule has 0 radical (unpaired) electrons. The predicted molar refractivity (Wildman–Crippen MR) is 127 cm³/mol. The largest absolute Gasteiger partial charge is 0.457 e. The summed E-state index contributed by atoms with van der Waals surface area (Å²) < 4.78 is 5.42. The highest BCUT2D eigenvalue weighted by Crippen LogP contribution is 2.35. The van der Waals surface area contributed by atoms with Gasteiger partial charge in [0.05, 0.1) is 29.1 Å². The van der Waals surface area contributed by atoms with Gasteiger partial charge in [-0.25, -0.2) is 9.97 Å². The number of aryl methyl sites for hydroxylation is 2. The number of hydrogen-bond acceptors (Lipinski definition) is 8. The first kappa shape index (κ1) is 21.3. The van der Waals surface area contributed by atoms with E-state index in [0.29, 0.717) is 28.3 Å². The first-order chi connectivity index (χ1) is 16.4. The molecule has 34 heavy (non-hydrogen) atoms. The molecule has 0 bridgehead atoms. The van der Waals surface area contributed by atoms with Crippen LogP contribution in [0.1, 0.15) is 29.9 Å². The lowest BCUT2D eigenvalue weighted by Gasteiger charge is -2.16. The Balaban J connectivity index is 1.49. The van der Waals surface area contributed by atoms with Gasteiger partial charge in [-0.2, -0.15) is 5.10 Å². The van der Waals surface area contributed by atoms with Gasteiger partial charge in [-0.15, -0.1) is 0 Å². The van der Waals surface area contributed by atoms with Crippen LogP contribution in [0.4, 0.5) is 11.5 Å². The van der Waals surface area contributed by atoms with Crippen LogP contribution in [0.3, 0.4) is 0 Å². The zero-order valence-corrected chi connectivity index (χ0v) is 18.7. The lowest BCUT2D eigenvalue weighted by Crippen LogP contribution is -2.09. The first-order valence-corrected chi connectivity index (χ1v) is 10.6. The van der Waals surface area contributed by atoms with Gasteiger partial charge in [0.1, 0.15) is 11.6 Å². The van der Waals surface area contributed by atoms with Crippen molar-refractivity contribution in [2.24, 2.45) is 0 Å². The number of non-ortho nitro benzene ring substituents is 1. The molecule has 0 fully saturated rings. The van der Waals surface area contributed by atoms with Crippen molar-refractivity contribution in [2.45, 2.75) is 26.8 Å². The number of fused-ring (bicyclic) bond motifs is 1. The average Bonchev–Trinajstić information content (AvgIpc) is 3.49. The van der Waals surface area contributed by atoms with Gasteiger partial charge in [0.2, 0.25) is 5.58 Å². The molecule has 0 amide bonds. The van der Waals surface area contributed by atoms with Crippen LogP contribution in [0.2, 0.25) is 0 Å². The van der Waals surface area contributed by atoms with E-state index in [-0.39, 0.29) is 17.3 Å². The van der Waals surface area contributed by atoms with Crippen molar-refractivity contribution in [2.75, 3.05) is 5.32 Å². The normalized spacial score (nSPS) is 12.1. The fraction of sp³-hybridized carbons (Fsp3) is 0.167. The van der Waals surface area contributed by atoms with Crippen molar-refractivity contribution in [1.82, 2.24) is 25.1 Å². The third kappa shape index (κ3) is 3.96. The number of aromatic nitrogens is 5. The number of pyridine rings is 1. The number of anilines is 1. The molecule has 0 spiro atoms. The smallest absolute Gasteiger partial charge is 0.312 e. The van der Waals surface area contributed by atoms with Crippen molar-refractivity contribution >= 4 is 22.5 Å². The quantitative estimate of drug-likeness (QED) is 0.257. The minimum Gasteiger partial charge on any atom is -0.457 e. The zero-order chi connectivity index (χ0) is 23.8. The number of hydrogen-bond donors (Lipinski definition) is 2. The molecule has 10 nitrogen and oxygen atoms in total. The summed E-state index contributed by atoms with van der Waals surface area (Å²) in [5, 5.41) is 22.5. The van der Waals surface area contributed by atoms with E-state index in [1.54, 1.807) is 31.6 Å². The Labute approximate surface area is 194 Å². The van der Waals surface area contributed by atoms with E-state index in [0.717, 1.165) is 22.3 Å². The second-order valence-corrected chi connectivity index (χ2v) is 8.09. The van der Waals surface area contributed by atoms with Crippen LogP contribution in [-0.2, 0) is 0 Å². The summed E-state index contributed by atoms with van der Waals surface area (Å²) in [6, 6.07) is 7.07. The van der Waals surface area contributed by atoms with Gasteiger partial charge in [0.25, 0.3) is 0 Å². The molecule has 2 N–H and O–H groups in total. The summed E-state index contributed by atoms with van der Waals surface area (Å²) in [7, 11) is 0. The van der Waals surface area contributed by atoms with Gasteiger partial charge >= 0.3 is 5.69 Å². The Morgan fingerprint density at radius 1 is 1.06 bits per heavy atom. The Bertz CT molecular complexity index is 1510. The minimum absolute atomic E-state index is 0.0955. The molecule has 4 aromatic heterocycles. The van der Waals surface area contributed by atoms with E-state index in [4.69, 9.17) is 4.42 Å². The summed E-state index contributed by atoms with van der Waals surface area (Å²) in [6.07, 6.45) is 8.67. The summed E-state index contributed by atoms with van der Waals surface area (Å²) in [5.41, 5.74) is 5.07. The molecule has 170 valence electrons. The van der Waals surface area contributed by atoms with E-state index >= 15 is 0 Å². The van der Waals surface area contributed by atoms with E-state index < -0.39 is 4.92 Å². The number of nitrogens with one attached hydrogen (secondary N) is 2. The van der Waals surface area contributed by atoms with Gasteiger partial charge in [-0.1, -0.05) is 0 Å². The SMILES string of the molecule is Cc1nc(NC(C)c2cncc(-c3cn[nH]c3)c2)cc(-c2cc([N+](=O)[O-])c3occ(C)c3c2)n1. The van der Waals surface area contributed by atoms with Crippen molar-refractivity contribution in [3.8, 4) is 22.4 Å². The van der Waals surface area contributed by atoms with Crippen LogP contribution in [0.5, 0.6) is 0 Å². The molecule has 1 aromatic carbocycles. The first-order valence-electron chi connectivity index (χ1n) is 10.6. The lowest BCUT2D eigenvalue weighted by molar-refractivity contribution is -0.383. The zero-order valence-electron chi connectivity index (χ0n) is 18.7. The standard InChI is InChI=1S/C24H21N7O3/c1-13-12-34-24-20(13)5-16(6-22(24)31(32)33)21-7-23(30-15(3)29-21)28-14(2)17-4-18(9-25-8-17)19-10-26-27-11-19/h4-12,14H,1-3H3,(H,26,27)(H,28,29,30). The maximum Gasteiger partial charge on any atom is 0.312 e. The number of nitro groups is 1. The van der Waals surface area contributed by atoms with Crippen molar-refractivity contribution in [3.63, 3.8) is 0 Å². The molecule has 0 saturated carbocycles. The molecular weight excluding hydrogens is 434 g/mol. The van der Waals surface area contributed by atoms with E-state index in [1.165, 1.54) is 12.3 Å². The van der Waals surface area contributed by atoms with Crippen LogP contribution < -0.4 is 5.32 Å². The number of aromatic amines is 1. The monoisotopic (exact) mass is 455 g/mol. The number of nitro benzene ring substituents is 1. The molecule has 0 aliphatic rings. The molecule has 1 atom stereocenters. The number of rotatable bonds is 6. The predicted octanol–water partition coefficient (Wildman–Crippen LogP) is 5.37. The average molecular weight is 455 g/mol. The van der Waals surface area contributed by atoms with Gasteiger partial charge in [-0.3, -0.25) is 20.2 Å². The highest BCUT2D eigenvalue weighted by molar-refractivity contribution is 5.92. The Morgan fingerprint density at radius 2 is 1.91 bits per heavy atom. The maximum atomic E-state index is 11.6. The third-order valence-corrected chi connectivity index (χ3v) is 5.63. The van der Waals surface area contributed by atoms with Crippen molar-refractivity contribution < 1.29 is 9.34 Å². The van der Waals surface area contributed by atoms with Gasteiger partial charge in [-0.05, 0) is 44.0 Å².